The van der Waals surface area contributed by atoms with E-state index >= 15 is 0 Å². The Bertz CT molecular complexity index is 1150. The summed E-state index contributed by atoms with van der Waals surface area (Å²) in [6.07, 6.45) is 0.599. The maximum atomic E-state index is 12.9. The largest absolute Gasteiger partial charge is 0.378 e. The van der Waals surface area contributed by atoms with Crippen LogP contribution in [0.2, 0.25) is 0 Å². The number of carbonyl (C=O) groups excluding carboxylic acids is 2. The van der Waals surface area contributed by atoms with Crippen LogP contribution >= 0.6 is 0 Å². The van der Waals surface area contributed by atoms with Crippen molar-refractivity contribution in [1.82, 2.24) is 4.90 Å². The Balaban J connectivity index is 1.56. The van der Waals surface area contributed by atoms with E-state index in [1.807, 2.05) is 59.5 Å². The summed E-state index contributed by atoms with van der Waals surface area (Å²) in [5.41, 5.74) is 13.0. The maximum Gasteiger partial charge on any atom is 0.254 e. The van der Waals surface area contributed by atoms with Crippen molar-refractivity contribution in [1.29, 1.82) is 0 Å². The SMILES string of the molecule is NC(=O)c1cc(-c2ccccc2)cc2c1Cc1cc(C(=O)N3CCOCC3)ccc1-2. The lowest BCUT2D eigenvalue weighted by molar-refractivity contribution is 0.0303. The highest BCUT2D eigenvalue weighted by atomic mass is 16.5. The molecule has 2 N–H and O–H groups in total. The van der Waals surface area contributed by atoms with Crippen LogP contribution in [-0.2, 0) is 11.2 Å². The molecule has 1 aliphatic heterocycles. The molecule has 1 heterocycles. The first kappa shape index (κ1) is 18.6. The molecule has 150 valence electrons. The molecule has 2 amide bonds. The van der Waals surface area contributed by atoms with Crippen LogP contribution in [0, 0.1) is 0 Å². The fraction of sp³-hybridized carbons (Fsp3) is 0.200. The number of ether oxygens (including phenoxy) is 1. The molecular weight excluding hydrogens is 376 g/mol. The van der Waals surface area contributed by atoms with Gasteiger partial charge in [0.1, 0.15) is 0 Å². The molecule has 1 saturated heterocycles. The Labute approximate surface area is 175 Å². The zero-order valence-electron chi connectivity index (χ0n) is 16.6. The highest BCUT2D eigenvalue weighted by molar-refractivity contribution is 6.01. The van der Waals surface area contributed by atoms with Crippen LogP contribution in [0.5, 0.6) is 0 Å². The summed E-state index contributed by atoms with van der Waals surface area (Å²) in [7, 11) is 0. The normalized spacial score (nSPS) is 14.9. The van der Waals surface area contributed by atoms with E-state index in [1.54, 1.807) is 0 Å². The number of hydrogen-bond donors (Lipinski definition) is 1. The van der Waals surface area contributed by atoms with Crippen LogP contribution < -0.4 is 5.73 Å². The lowest BCUT2D eigenvalue weighted by Gasteiger charge is -2.27. The Morgan fingerprint density at radius 3 is 2.37 bits per heavy atom. The summed E-state index contributed by atoms with van der Waals surface area (Å²) < 4.78 is 5.35. The van der Waals surface area contributed by atoms with E-state index in [9.17, 15) is 9.59 Å². The Kier molecular flexibility index (Phi) is 4.60. The summed E-state index contributed by atoms with van der Waals surface area (Å²) in [4.78, 5) is 26.9. The number of benzene rings is 3. The van der Waals surface area contributed by atoms with Gasteiger partial charge in [-0.1, -0.05) is 36.4 Å². The van der Waals surface area contributed by atoms with Crippen molar-refractivity contribution in [2.24, 2.45) is 5.73 Å². The number of morpholine rings is 1. The van der Waals surface area contributed by atoms with Crippen molar-refractivity contribution in [3.05, 3.63) is 82.9 Å². The third kappa shape index (κ3) is 3.17. The summed E-state index contributed by atoms with van der Waals surface area (Å²) in [6, 6.07) is 19.8. The van der Waals surface area contributed by atoms with Gasteiger partial charge in [0.2, 0.25) is 5.91 Å². The van der Waals surface area contributed by atoms with Crippen LogP contribution in [0.4, 0.5) is 0 Å². The Morgan fingerprint density at radius 1 is 0.867 bits per heavy atom. The average Bonchev–Trinajstić information content (AvgIpc) is 3.16. The van der Waals surface area contributed by atoms with Crippen LogP contribution in [0.3, 0.4) is 0 Å². The van der Waals surface area contributed by atoms with E-state index < -0.39 is 5.91 Å². The van der Waals surface area contributed by atoms with Crippen molar-refractivity contribution in [2.75, 3.05) is 26.3 Å². The highest BCUT2D eigenvalue weighted by Gasteiger charge is 2.26. The lowest BCUT2D eigenvalue weighted by atomic mass is 9.94. The molecule has 5 nitrogen and oxygen atoms in total. The monoisotopic (exact) mass is 398 g/mol. The van der Waals surface area contributed by atoms with Crippen molar-refractivity contribution < 1.29 is 14.3 Å². The van der Waals surface area contributed by atoms with Gasteiger partial charge >= 0.3 is 0 Å². The lowest BCUT2D eigenvalue weighted by Crippen LogP contribution is -2.40. The van der Waals surface area contributed by atoms with E-state index in [2.05, 4.69) is 6.07 Å². The molecule has 3 aromatic carbocycles. The van der Waals surface area contributed by atoms with Crippen LogP contribution in [-0.4, -0.2) is 43.0 Å². The zero-order chi connectivity index (χ0) is 20.7. The smallest absolute Gasteiger partial charge is 0.254 e. The molecule has 5 rings (SSSR count). The van der Waals surface area contributed by atoms with E-state index in [0.717, 1.165) is 33.4 Å². The van der Waals surface area contributed by atoms with Crippen molar-refractivity contribution >= 4 is 11.8 Å². The minimum atomic E-state index is -0.429. The third-order valence-corrected chi connectivity index (χ3v) is 5.93. The van der Waals surface area contributed by atoms with E-state index in [4.69, 9.17) is 10.5 Å². The molecular formula is C25H22N2O3. The standard InChI is InChI=1S/C25H22N2O3/c26-24(28)23-14-18(16-4-2-1-3-5-16)13-21-20-7-6-17(12-19(20)15-22(21)23)25(29)27-8-10-30-11-9-27/h1-7,12-14H,8-11,15H2,(H2,26,28). The second-order valence-electron chi connectivity index (χ2n) is 7.73. The number of carbonyl (C=O) groups is 2. The molecule has 0 bridgehead atoms. The molecule has 0 unspecified atom stereocenters. The first-order chi connectivity index (χ1) is 14.6. The Hall–Kier alpha value is -3.44. The Morgan fingerprint density at radius 2 is 1.63 bits per heavy atom. The van der Waals surface area contributed by atoms with E-state index in [-0.39, 0.29) is 5.91 Å². The van der Waals surface area contributed by atoms with Crippen molar-refractivity contribution in [2.45, 2.75) is 6.42 Å². The second-order valence-corrected chi connectivity index (χ2v) is 7.73. The van der Waals surface area contributed by atoms with Gasteiger partial charge in [0, 0.05) is 24.2 Å². The van der Waals surface area contributed by atoms with Gasteiger partial charge in [0.15, 0.2) is 0 Å². The molecule has 0 radical (unpaired) electrons. The number of hydrogen-bond acceptors (Lipinski definition) is 3. The van der Waals surface area contributed by atoms with Gasteiger partial charge < -0.3 is 15.4 Å². The first-order valence-corrected chi connectivity index (χ1v) is 10.1. The molecule has 0 aromatic heterocycles. The quantitative estimate of drug-likeness (QED) is 0.574. The second kappa shape index (κ2) is 7.43. The topological polar surface area (TPSA) is 72.6 Å². The van der Waals surface area contributed by atoms with Crippen molar-refractivity contribution in [3.8, 4) is 22.3 Å². The molecule has 0 saturated carbocycles. The van der Waals surface area contributed by atoms with Gasteiger partial charge in [-0.05, 0) is 64.1 Å². The molecule has 30 heavy (non-hydrogen) atoms. The molecule has 2 aliphatic rings. The molecule has 3 aromatic rings. The number of amides is 2. The van der Waals surface area contributed by atoms with Crippen LogP contribution in [0.1, 0.15) is 31.8 Å². The minimum absolute atomic E-state index is 0.0251. The van der Waals surface area contributed by atoms with Crippen molar-refractivity contribution in [3.63, 3.8) is 0 Å². The maximum absolute atomic E-state index is 12.9. The predicted molar refractivity (Wildman–Crippen MR) is 115 cm³/mol. The highest BCUT2D eigenvalue weighted by Crippen LogP contribution is 2.41. The van der Waals surface area contributed by atoms with Crippen LogP contribution in [0.25, 0.3) is 22.3 Å². The average molecular weight is 398 g/mol. The summed E-state index contributed by atoms with van der Waals surface area (Å²) in [5.74, 6) is -0.404. The number of rotatable bonds is 3. The predicted octanol–water partition coefficient (Wildman–Crippen LogP) is 3.50. The van der Waals surface area contributed by atoms with Gasteiger partial charge in [0.05, 0.1) is 13.2 Å². The first-order valence-electron chi connectivity index (χ1n) is 10.1. The molecule has 0 spiro atoms. The molecule has 1 fully saturated rings. The number of nitrogens with two attached hydrogens (primary N) is 1. The van der Waals surface area contributed by atoms with Gasteiger partial charge in [-0.25, -0.2) is 0 Å². The van der Waals surface area contributed by atoms with E-state index in [1.165, 1.54) is 0 Å². The molecule has 1 aliphatic carbocycles. The minimum Gasteiger partial charge on any atom is -0.378 e. The zero-order valence-corrected chi connectivity index (χ0v) is 16.6. The number of fused-ring (bicyclic) bond motifs is 3. The molecule has 5 heteroatoms. The van der Waals surface area contributed by atoms with Gasteiger partial charge in [-0.15, -0.1) is 0 Å². The van der Waals surface area contributed by atoms with Crippen LogP contribution in [0.15, 0.2) is 60.7 Å². The summed E-state index contributed by atoms with van der Waals surface area (Å²) >= 11 is 0. The van der Waals surface area contributed by atoms with E-state index in [0.29, 0.717) is 43.9 Å². The number of nitrogens with zero attached hydrogens (tertiary/aromatic N) is 1. The van der Waals surface area contributed by atoms with Gasteiger partial charge in [-0.3, -0.25) is 9.59 Å². The summed E-state index contributed by atoms with van der Waals surface area (Å²) in [6.45, 7) is 2.38. The van der Waals surface area contributed by atoms with Gasteiger partial charge in [0.25, 0.3) is 5.91 Å². The van der Waals surface area contributed by atoms with Gasteiger partial charge in [-0.2, -0.15) is 0 Å². The summed E-state index contributed by atoms with van der Waals surface area (Å²) in [5, 5.41) is 0. The fourth-order valence-corrected chi connectivity index (χ4v) is 4.40. The number of primary amides is 1. The fourth-order valence-electron chi connectivity index (χ4n) is 4.40. The third-order valence-electron chi connectivity index (χ3n) is 5.93. The molecule has 0 atom stereocenters.